The predicted molar refractivity (Wildman–Crippen MR) is 117 cm³/mol. The second-order valence-corrected chi connectivity index (χ2v) is 7.14. The molecule has 152 valence electrons. The van der Waals surface area contributed by atoms with Gasteiger partial charge in [-0.15, -0.1) is 0 Å². The Morgan fingerprint density at radius 3 is 2.03 bits per heavy atom. The van der Waals surface area contributed by atoms with E-state index in [0.29, 0.717) is 34.6 Å². The van der Waals surface area contributed by atoms with Gasteiger partial charge < -0.3 is 19.1 Å². The summed E-state index contributed by atoms with van der Waals surface area (Å²) in [5.74, 6) is 2.13. The summed E-state index contributed by atoms with van der Waals surface area (Å²) in [5.41, 5.74) is 2.87. The summed E-state index contributed by atoms with van der Waals surface area (Å²) in [6.07, 6.45) is 3.20. The molecule has 3 rings (SSSR count). The fourth-order valence-electron chi connectivity index (χ4n) is 2.99. The van der Waals surface area contributed by atoms with Crippen LogP contribution in [0.2, 0.25) is 10.0 Å². The van der Waals surface area contributed by atoms with Crippen LogP contribution in [0.1, 0.15) is 11.1 Å². The highest BCUT2D eigenvalue weighted by molar-refractivity contribution is 6.35. The number of anilines is 1. The van der Waals surface area contributed by atoms with Crippen molar-refractivity contribution in [2.75, 3.05) is 26.2 Å². The lowest BCUT2D eigenvalue weighted by Gasteiger charge is -2.27. The van der Waals surface area contributed by atoms with Gasteiger partial charge in [0.25, 0.3) is 0 Å². The minimum Gasteiger partial charge on any atom is -0.497 e. The van der Waals surface area contributed by atoms with Crippen LogP contribution in [0.4, 0.5) is 5.69 Å². The summed E-state index contributed by atoms with van der Waals surface area (Å²) in [5, 5.41) is 1.05. The Balaban J connectivity index is 1.98. The fourth-order valence-corrected chi connectivity index (χ4v) is 3.48. The monoisotopic (exact) mass is 432 g/mol. The fraction of sp³-hybridized carbons (Fsp3) is 0.227. The third kappa shape index (κ3) is 5.05. The maximum absolute atomic E-state index is 6.38. The molecule has 3 aromatic rings. The Hall–Kier alpha value is -2.63. The average molecular weight is 433 g/mol. The van der Waals surface area contributed by atoms with Crippen LogP contribution in [-0.2, 0) is 13.1 Å². The molecule has 29 heavy (non-hydrogen) atoms. The number of pyridine rings is 1. The van der Waals surface area contributed by atoms with Crippen molar-refractivity contribution in [2.24, 2.45) is 0 Å². The molecule has 2 aromatic carbocycles. The van der Waals surface area contributed by atoms with Gasteiger partial charge in [-0.2, -0.15) is 0 Å². The normalized spacial score (nSPS) is 10.5. The van der Waals surface area contributed by atoms with Gasteiger partial charge in [0.05, 0.1) is 31.4 Å². The molecule has 0 unspecified atom stereocenters. The predicted octanol–water partition coefficient (Wildman–Crippen LogP) is 5.62. The lowest BCUT2D eigenvalue weighted by Crippen LogP contribution is -2.22. The van der Waals surface area contributed by atoms with E-state index in [1.165, 1.54) is 0 Å². The second-order valence-electron chi connectivity index (χ2n) is 6.33. The van der Waals surface area contributed by atoms with Crippen molar-refractivity contribution in [1.82, 2.24) is 4.98 Å². The third-order valence-corrected chi connectivity index (χ3v) is 5.22. The van der Waals surface area contributed by atoms with Crippen LogP contribution in [0.15, 0.2) is 54.9 Å². The number of benzene rings is 2. The van der Waals surface area contributed by atoms with Crippen LogP contribution in [-0.4, -0.2) is 26.3 Å². The standard InChI is InChI=1S/C22H22Cl2N2O3/c1-27-17-7-4-15(5-8-17)13-26(14-18-19(23)11-25-12-20(18)24)16-6-9-21(28-2)22(10-16)29-3/h4-12H,13-14H2,1-3H3. The van der Waals surface area contributed by atoms with Gasteiger partial charge in [-0.25, -0.2) is 0 Å². The highest BCUT2D eigenvalue weighted by Gasteiger charge is 2.16. The topological polar surface area (TPSA) is 43.8 Å². The van der Waals surface area contributed by atoms with Crippen LogP contribution < -0.4 is 19.1 Å². The minimum atomic E-state index is 0.502. The molecular formula is C22H22Cl2N2O3. The van der Waals surface area contributed by atoms with Gasteiger partial charge in [0, 0.05) is 42.8 Å². The SMILES string of the molecule is COc1ccc(CN(Cc2c(Cl)cncc2Cl)c2ccc(OC)c(OC)c2)cc1. The van der Waals surface area contributed by atoms with Crippen molar-refractivity contribution in [3.8, 4) is 17.2 Å². The largest absolute Gasteiger partial charge is 0.497 e. The van der Waals surface area contributed by atoms with Crippen molar-refractivity contribution >= 4 is 28.9 Å². The summed E-state index contributed by atoms with van der Waals surface area (Å²) in [6.45, 7) is 1.14. The zero-order valence-electron chi connectivity index (χ0n) is 16.5. The van der Waals surface area contributed by atoms with Gasteiger partial charge >= 0.3 is 0 Å². The number of hydrogen-bond acceptors (Lipinski definition) is 5. The Morgan fingerprint density at radius 2 is 1.45 bits per heavy atom. The Kier molecular flexibility index (Phi) is 7.07. The van der Waals surface area contributed by atoms with Crippen LogP contribution >= 0.6 is 23.2 Å². The molecule has 1 aromatic heterocycles. The molecule has 0 aliphatic heterocycles. The molecule has 0 aliphatic carbocycles. The van der Waals surface area contributed by atoms with E-state index in [1.54, 1.807) is 33.7 Å². The quantitative estimate of drug-likeness (QED) is 0.461. The van der Waals surface area contributed by atoms with Crippen molar-refractivity contribution in [3.63, 3.8) is 0 Å². The molecule has 0 saturated carbocycles. The first kappa shape index (κ1) is 21.1. The van der Waals surface area contributed by atoms with Gasteiger partial charge in [-0.05, 0) is 29.8 Å². The molecule has 1 heterocycles. The second kappa shape index (κ2) is 9.72. The van der Waals surface area contributed by atoms with Crippen LogP contribution in [0, 0.1) is 0 Å². The van der Waals surface area contributed by atoms with Crippen molar-refractivity contribution in [1.29, 1.82) is 0 Å². The lowest BCUT2D eigenvalue weighted by atomic mass is 10.1. The first-order chi connectivity index (χ1) is 14.0. The maximum Gasteiger partial charge on any atom is 0.162 e. The molecule has 0 radical (unpaired) electrons. The zero-order valence-corrected chi connectivity index (χ0v) is 18.0. The van der Waals surface area contributed by atoms with E-state index in [2.05, 4.69) is 9.88 Å². The molecular weight excluding hydrogens is 411 g/mol. The molecule has 0 atom stereocenters. The van der Waals surface area contributed by atoms with Crippen molar-refractivity contribution in [2.45, 2.75) is 13.1 Å². The van der Waals surface area contributed by atoms with E-state index in [0.717, 1.165) is 22.6 Å². The van der Waals surface area contributed by atoms with Crippen LogP contribution in [0.3, 0.4) is 0 Å². The molecule has 0 amide bonds. The smallest absolute Gasteiger partial charge is 0.162 e. The van der Waals surface area contributed by atoms with Gasteiger partial charge in [0.2, 0.25) is 0 Å². The molecule has 0 fully saturated rings. The third-order valence-electron chi connectivity index (χ3n) is 4.57. The van der Waals surface area contributed by atoms with Crippen molar-refractivity contribution in [3.05, 3.63) is 76.0 Å². The molecule has 0 bridgehead atoms. The molecule has 5 nitrogen and oxygen atoms in total. The molecule has 0 saturated heterocycles. The minimum absolute atomic E-state index is 0.502. The van der Waals surface area contributed by atoms with Gasteiger partial charge in [0.1, 0.15) is 5.75 Å². The van der Waals surface area contributed by atoms with E-state index in [4.69, 9.17) is 37.4 Å². The van der Waals surface area contributed by atoms with E-state index in [1.807, 2.05) is 42.5 Å². The number of rotatable bonds is 8. The number of methoxy groups -OCH3 is 3. The zero-order chi connectivity index (χ0) is 20.8. The first-order valence-corrected chi connectivity index (χ1v) is 9.69. The summed E-state index contributed by atoms with van der Waals surface area (Å²) in [7, 11) is 4.88. The first-order valence-electron chi connectivity index (χ1n) is 8.93. The highest BCUT2D eigenvalue weighted by Crippen LogP contribution is 2.34. The van der Waals surface area contributed by atoms with Crippen molar-refractivity contribution < 1.29 is 14.2 Å². The number of aromatic nitrogens is 1. The Labute approximate surface area is 180 Å². The Morgan fingerprint density at radius 1 is 0.793 bits per heavy atom. The van der Waals surface area contributed by atoms with Crippen LogP contribution in [0.25, 0.3) is 0 Å². The summed E-state index contributed by atoms with van der Waals surface area (Å²) in [4.78, 5) is 6.21. The van der Waals surface area contributed by atoms with Crippen LogP contribution in [0.5, 0.6) is 17.2 Å². The average Bonchev–Trinajstić information content (AvgIpc) is 2.75. The highest BCUT2D eigenvalue weighted by atomic mass is 35.5. The molecule has 0 aliphatic rings. The summed E-state index contributed by atoms with van der Waals surface area (Å²) >= 11 is 12.8. The lowest BCUT2D eigenvalue weighted by molar-refractivity contribution is 0.355. The van der Waals surface area contributed by atoms with E-state index >= 15 is 0 Å². The Bertz CT molecular complexity index is 945. The van der Waals surface area contributed by atoms with Gasteiger partial charge in [-0.3, -0.25) is 4.98 Å². The maximum atomic E-state index is 6.38. The number of halogens is 2. The van der Waals surface area contributed by atoms with E-state index in [9.17, 15) is 0 Å². The van der Waals surface area contributed by atoms with E-state index in [-0.39, 0.29) is 0 Å². The molecule has 7 heteroatoms. The molecule has 0 spiro atoms. The summed E-state index contributed by atoms with van der Waals surface area (Å²) in [6, 6.07) is 13.7. The molecule has 0 N–H and O–H groups in total. The summed E-state index contributed by atoms with van der Waals surface area (Å²) < 4.78 is 16.1. The van der Waals surface area contributed by atoms with Gasteiger partial charge in [0.15, 0.2) is 11.5 Å². The van der Waals surface area contributed by atoms with Gasteiger partial charge in [-0.1, -0.05) is 35.3 Å². The number of ether oxygens (including phenoxy) is 3. The van der Waals surface area contributed by atoms with E-state index < -0.39 is 0 Å². The number of hydrogen-bond donors (Lipinski definition) is 0. The number of nitrogens with zero attached hydrogens (tertiary/aromatic N) is 2.